The zero-order valence-corrected chi connectivity index (χ0v) is 14.2. The van der Waals surface area contributed by atoms with Gasteiger partial charge in [-0.25, -0.2) is 0 Å². The fraction of sp³-hybridized carbons (Fsp3) is 0.381. The summed E-state index contributed by atoms with van der Waals surface area (Å²) in [4.78, 5) is 0. The van der Waals surface area contributed by atoms with Crippen LogP contribution in [0.15, 0.2) is 60.7 Å². The summed E-state index contributed by atoms with van der Waals surface area (Å²) in [5, 5.41) is 9.22. The van der Waals surface area contributed by atoms with Crippen LogP contribution in [0, 0.1) is 16.7 Å². The van der Waals surface area contributed by atoms with Gasteiger partial charge in [0, 0.05) is 6.42 Å². The van der Waals surface area contributed by atoms with Crippen LogP contribution in [-0.2, 0) is 14.9 Å². The number of benzene rings is 2. The normalized spacial score (nSPS) is 18.0. The molecule has 124 valence electrons. The third-order valence-electron chi connectivity index (χ3n) is 4.66. The lowest BCUT2D eigenvalue weighted by atomic mass is 9.75. The molecule has 24 heavy (non-hydrogen) atoms. The fourth-order valence-corrected chi connectivity index (χ4v) is 3.15. The standard InChI is InChI=1S/C21H23NO2/c1-20(2,14-22)13-19-23-15-21(16-24-19,17-9-5-3-6-10-17)18-11-7-4-8-12-18/h3-12,19H,13,15-16H2,1-2H3. The van der Waals surface area contributed by atoms with E-state index in [0.29, 0.717) is 19.6 Å². The summed E-state index contributed by atoms with van der Waals surface area (Å²) in [6, 6.07) is 23.0. The zero-order chi connectivity index (χ0) is 17.0. The molecule has 1 heterocycles. The third-order valence-corrected chi connectivity index (χ3v) is 4.66. The van der Waals surface area contributed by atoms with Crippen molar-refractivity contribution in [3.8, 4) is 6.07 Å². The summed E-state index contributed by atoms with van der Waals surface area (Å²) in [6.07, 6.45) is 0.239. The van der Waals surface area contributed by atoms with E-state index in [1.165, 1.54) is 11.1 Å². The van der Waals surface area contributed by atoms with Crippen molar-refractivity contribution in [1.29, 1.82) is 5.26 Å². The van der Waals surface area contributed by atoms with Crippen LogP contribution in [0.25, 0.3) is 0 Å². The van der Waals surface area contributed by atoms with E-state index < -0.39 is 5.41 Å². The van der Waals surface area contributed by atoms with Crippen molar-refractivity contribution in [2.45, 2.75) is 32.0 Å². The molecule has 0 saturated carbocycles. The minimum atomic E-state index is -0.454. The van der Waals surface area contributed by atoms with Crippen LogP contribution in [0.1, 0.15) is 31.4 Å². The molecule has 1 aliphatic rings. The number of hydrogen-bond donors (Lipinski definition) is 0. The summed E-state index contributed by atoms with van der Waals surface area (Å²) in [5.74, 6) is 0. The van der Waals surface area contributed by atoms with Gasteiger partial charge in [-0.3, -0.25) is 0 Å². The minimum Gasteiger partial charge on any atom is -0.351 e. The summed E-state index contributed by atoms with van der Waals surface area (Å²) in [5.41, 5.74) is 1.61. The van der Waals surface area contributed by atoms with Crippen LogP contribution in [0.3, 0.4) is 0 Å². The topological polar surface area (TPSA) is 42.2 Å². The van der Waals surface area contributed by atoms with Gasteiger partial charge in [0.05, 0.1) is 30.1 Å². The first kappa shape index (κ1) is 16.7. The molecule has 0 spiro atoms. The van der Waals surface area contributed by atoms with Crippen LogP contribution >= 0.6 is 0 Å². The highest BCUT2D eigenvalue weighted by Crippen LogP contribution is 2.38. The third kappa shape index (κ3) is 3.36. The lowest BCUT2D eigenvalue weighted by Gasteiger charge is -2.41. The molecule has 2 aromatic rings. The van der Waals surface area contributed by atoms with Gasteiger partial charge in [-0.2, -0.15) is 5.26 Å². The van der Waals surface area contributed by atoms with Gasteiger partial charge in [-0.05, 0) is 25.0 Å². The van der Waals surface area contributed by atoms with Gasteiger partial charge >= 0.3 is 0 Å². The van der Waals surface area contributed by atoms with Crippen molar-refractivity contribution in [3.05, 3.63) is 71.8 Å². The van der Waals surface area contributed by atoms with Gasteiger partial charge in [-0.15, -0.1) is 0 Å². The van der Waals surface area contributed by atoms with Crippen molar-refractivity contribution >= 4 is 0 Å². The molecule has 1 aliphatic heterocycles. The number of ether oxygens (including phenoxy) is 2. The summed E-state index contributed by atoms with van der Waals surface area (Å²) >= 11 is 0. The molecule has 3 heteroatoms. The highest BCUT2D eigenvalue weighted by atomic mass is 16.7. The lowest BCUT2D eigenvalue weighted by Crippen LogP contribution is -2.46. The second-order valence-corrected chi connectivity index (χ2v) is 7.07. The van der Waals surface area contributed by atoms with Crippen LogP contribution in [0.4, 0.5) is 0 Å². The molecular weight excluding hydrogens is 298 g/mol. The predicted molar refractivity (Wildman–Crippen MR) is 93.4 cm³/mol. The Morgan fingerprint density at radius 2 is 1.42 bits per heavy atom. The number of hydrogen-bond acceptors (Lipinski definition) is 3. The fourth-order valence-electron chi connectivity index (χ4n) is 3.15. The SMILES string of the molecule is CC(C)(C#N)CC1OCC(c2ccccc2)(c2ccccc2)CO1. The molecular formula is C21H23NO2. The first-order valence-electron chi connectivity index (χ1n) is 8.31. The Kier molecular flexibility index (Phi) is 4.71. The van der Waals surface area contributed by atoms with Crippen molar-refractivity contribution in [2.75, 3.05) is 13.2 Å². The van der Waals surface area contributed by atoms with E-state index >= 15 is 0 Å². The molecule has 0 aliphatic carbocycles. The second kappa shape index (κ2) is 6.76. The summed E-state index contributed by atoms with van der Waals surface area (Å²) in [6.45, 7) is 4.92. The molecule has 0 aromatic heterocycles. The van der Waals surface area contributed by atoms with E-state index in [0.717, 1.165) is 0 Å². The average Bonchev–Trinajstić information content (AvgIpc) is 2.64. The van der Waals surface area contributed by atoms with Crippen molar-refractivity contribution < 1.29 is 9.47 Å². The van der Waals surface area contributed by atoms with Gasteiger partial charge in [0.2, 0.25) is 0 Å². The van der Waals surface area contributed by atoms with E-state index in [1.54, 1.807) is 0 Å². The van der Waals surface area contributed by atoms with E-state index in [1.807, 2.05) is 50.2 Å². The Balaban J connectivity index is 1.87. The molecule has 0 unspecified atom stereocenters. The summed E-state index contributed by atoms with van der Waals surface area (Å²) in [7, 11) is 0. The smallest absolute Gasteiger partial charge is 0.159 e. The molecule has 0 bridgehead atoms. The monoisotopic (exact) mass is 321 g/mol. The molecule has 0 N–H and O–H groups in total. The molecule has 1 fully saturated rings. The molecule has 2 aromatic carbocycles. The zero-order valence-electron chi connectivity index (χ0n) is 14.2. The first-order chi connectivity index (χ1) is 11.6. The average molecular weight is 321 g/mol. The van der Waals surface area contributed by atoms with Gasteiger partial charge < -0.3 is 9.47 Å². The molecule has 0 atom stereocenters. The minimum absolute atomic E-state index is 0.310. The van der Waals surface area contributed by atoms with Crippen LogP contribution in [0.5, 0.6) is 0 Å². The maximum Gasteiger partial charge on any atom is 0.159 e. The van der Waals surface area contributed by atoms with Crippen LogP contribution in [-0.4, -0.2) is 19.5 Å². The highest BCUT2D eigenvalue weighted by molar-refractivity contribution is 5.40. The van der Waals surface area contributed by atoms with Gasteiger partial charge in [-0.1, -0.05) is 60.7 Å². The van der Waals surface area contributed by atoms with Crippen molar-refractivity contribution in [3.63, 3.8) is 0 Å². The number of rotatable bonds is 4. The maximum absolute atomic E-state index is 9.22. The van der Waals surface area contributed by atoms with E-state index in [-0.39, 0.29) is 11.7 Å². The van der Waals surface area contributed by atoms with Crippen LogP contribution < -0.4 is 0 Å². The Bertz CT molecular complexity index is 654. The van der Waals surface area contributed by atoms with Crippen molar-refractivity contribution in [2.24, 2.45) is 5.41 Å². The highest BCUT2D eigenvalue weighted by Gasteiger charge is 2.41. The van der Waals surface area contributed by atoms with E-state index in [4.69, 9.17) is 9.47 Å². The Morgan fingerprint density at radius 1 is 0.958 bits per heavy atom. The van der Waals surface area contributed by atoms with Crippen molar-refractivity contribution in [1.82, 2.24) is 0 Å². The molecule has 0 amide bonds. The van der Waals surface area contributed by atoms with Gasteiger partial charge in [0.25, 0.3) is 0 Å². The number of nitrogens with zero attached hydrogens (tertiary/aromatic N) is 1. The molecule has 3 nitrogen and oxygen atoms in total. The maximum atomic E-state index is 9.22. The van der Waals surface area contributed by atoms with Gasteiger partial charge in [0.15, 0.2) is 6.29 Å². The van der Waals surface area contributed by atoms with Crippen LogP contribution in [0.2, 0.25) is 0 Å². The molecule has 3 rings (SSSR count). The quantitative estimate of drug-likeness (QED) is 0.844. The Labute approximate surface area is 143 Å². The number of nitriles is 1. The van der Waals surface area contributed by atoms with E-state index in [9.17, 15) is 5.26 Å². The molecule has 0 radical (unpaired) electrons. The first-order valence-corrected chi connectivity index (χ1v) is 8.31. The molecule has 1 saturated heterocycles. The Hall–Kier alpha value is -2.15. The van der Waals surface area contributed by atoms with Gasteiger partial charge in [0.1, 0.15) is 0 Å². The lowest BCUT2D eigenvalue weighted by molar-refractivity contribution is -0.211. The Morgan fingerprint density at radius 3 is 1.83 bits per heavy atom. The largest absolute Gasteiger partial charge is 0.351 e. The second-order valence-electron chi connectivity index (χ2n) is 7.07. The predicted octanol–water partition coefficient (Wildman–Crippen LogP) is 4.29. The van der Waals surface area contributed by atoms with E-state index in [2.05, 4.69) is 30.3 Å². The summed E-state index contributed by atoms with van der Waals surface area (Å²) < 4.78 is 12.1.